The highest BCUT2D eigenvalue weighted by Gasteiger charge is 2.20. The number of piperazine rings is 1. The largest absolute Gasteiger partial charge is 0.495 e. The second-order valence-corrected chi connectivity index (χ2v) is 6.99. The predicted octanol–water partition coefficient (Wildman–Crippen LogP) is 2.18. The summed E-state index contributed by atoms with van der Waals surface area (Å²) >= 11 is 0. The Bertz CT molecular complexity index is 715. The minimum absolute atomic E-state index is 0.894. The van der Waals surface area contributed by atoms with Crippen LogP contribution in [0.3, 0.4) is 0 Å². The number of methoxy groups -OCH3 is 1. The van der Waals surface area contributed by atoms with E-state index in [0.29, 0.717) is 0 Å². The van der Waals surface area contributed by atoms with Crippen LogP contribution < -0.4 is 19.9 Å². The molecule has 1 N–H and O–H groups in total. The molecule has 0 atom stereocenters. The molecule has 1 aliphatic rings. The summed E-state index contributed by atoms with van der Waals surface area (Å²) in [6.45, 7) is 5.71. The van der Waals surface area contributed by atoms with Crippen LogP contribution in [0.2, 0.25) is 0 Å². The van der Waals surface area contributed by atoms with Crippen molar-refractivity contribution in [1.29, 1.82) is 0 Å². The number of rotatable bonds is 8. The van der Waals surface area contributed by atoms with Gasteiger partial charge in [0.15, 0.2) is 0 Å². The lowest BCUT2D eigenvalue weighted by atomic mass is 10.2. The summed E-state index contributed by atoms with van der Waals surface area (Å²) in [6.07, 6.45) is 2.74. The third-order valence-electron chi connectivity index (χ3n) is 4.77. The van der Waals surface area contributed by atoms with Gasteiger partial charge in [-0.15, -0.1) is 0 Å². The predicted molar refractivity (Wildman–Crippen MR) is 111 cm³/mol. The van der Waals surface area contributed by atoms with Gasteiger partial charge in [-0.2, -0.15) is 0 Å². The van der Waals surface area contributed by atoms with E-state index in [1.807, 2.05) is 12.1 Å². The first-order valence-corrected chi connectivity index (χ1v) is 9.51. The van der Waals surface area contributed by atoms with E-state index in [2.05, 4.69) is 62.3 Å². The number of para-hydroxylation sites is 2. The molecule has 3 rings (SSSR count). The van der Waals surface area contributed by atoms with Gasteiger partial charge in [0.25, 0.3) is 0 Å². The summed E-state index contributed by atoms with van der Waals surface area (Å²) in [5, 5.41) is 3.40. The van der Waals surface area contributed by atoms with Crippen LogP contribution in [0.15, 0.2) is 36.7 Å². The van der Waals surface area contributed by atoms with Crippen molar-refractivity contribution in [3.63, 3.8) is 0 Å². The normalized spacial score (nSPS) is 14.5. The number of aromatic nitrogens is 2. The van der Waals surface area contributed by atoms with Crippen molar-refractivity contribution in [2.45, 2.75) is 6.42 Å². The van der Waals surface area contributed by atoms with Crippen molar-refractivity contribution in [1.82, 2.24) is 14.9 Å². The van der Waals surface area contributed by atoms with Gasteiger partial charge in [-0.3, -0.25) is 0 Å². The molecule has 1 aromatic heterocycles. The molecule has 1 aliphatic heterocycles. The minimum Gasteiger partial charge on any atom is -0.495 e. The third-order valence-corrected chi connectivity index (χ3v) is 4.77. The molecule has 0 radical (unpaired) electrons. The van der Waals surface area contributed by atoms with Crippen molar-refractivity contribution in [2.24, 2.45) is 0 Å². The van der Waals surface area contributed by atoms with Gasteiger partial charge in [0, 0.05) is 38.8 Å². The van der Waals surface area contributed by atoms with E-state index in [9.17, 15) is 0 Å². The molecule has 0 aliphatic carbocycles. The molecule has 2 heterocycles. The van der Waals surface area contributed by atoms with Gasteiger partial charge in [-0.25, -0.2) is 9.97 Å². The molecule has 0 spiro atoms. The maximum Gasteiger partial charge on any atom is 0.142 e. The zero-order valence-electron chi connectivity index (χ0n) is 16.6. The fourth-order valence-electron chi connectivity index (χ4n) is 3.30. The molecule has 1 aromatic carbocycles. The topological polar surface area (TPSA) is 56.8 Å². The second-order valence-electron chi connectivity index (χ2n) is 6.99. The van der Waals surface area contributed by atoms with Crippen LogP contribution in [0.1, 0.15) is 6.42 Å². The second kappa shape index (κ2) is 9.41. The zero-order chi connectivity index (χ0) is 19.1. The summed E-state index contributed by atoms with van der Waals surface area (Å²) in [4.78, 5) is 15.7. The highest BCUT2D eigenvalue weighted by atomic mass is 16.5. The lowest BCUT2D eigenvalue weighted by molar-refractivity contribution is 0.405. The van der Waals surface area contributed by atoms with Crippen LogP contribution in [0, 0.1) is 0 Å². The quantitative estimate of drug-likeness (QED) is 0.715. The van der Waals surface area contributed by atoms with Gasteiger partial charge in [0.05, 0.1) is 12.8 Å². The average Bonchev–Trinajstić information content (AvgIpc) is 2.71. The van der Waals surface area contributed by atoms with E-state index >= 15 is 0 Å². The first-order valence-electron chi connectivity index (χ1n) is 9.51. The number of nitrogens with one attached hydrogen (secondary N) is 1. The fourth-order valence-corrected chi connectivity index (χ4v) is 3.30. The van der Waals surface area contributed by atoms with Gasteiger partial charge in [-0.05, 0) is 39.2 Å². The van der Waals surface area contributed by atoms with Crippen LogP contribution in [0.4, 0.5) is 17.3 Å². The SMILES string of the molecule is COc1ccccc1N1CCN(c2cc(NCCCN(C)C)ncn2)CC1. The van der Waals surface area contributed by atoms with Crippen LogP contribution in [-0.4, -0.2) is 75.3 Å². The molecule has 7 heteroatoms. The monoisotopic (exact) mass is 370 g/mol. The van der Waals surface area contributed by atoms with Gasteiger partial charge < -0.3 is 24.8 Å². The van der Waals surface area contributed by atoms with Crippen molar-refractivity contribution < 1.29 is 4.74 Å². The maximum absolute atomic E-state index is 5.50. The maximum atomic E-state index is 5.50. The van der Waals surface area contributed by atoms with Crippen molar-refractivity contribution >= 4 is 17.3 Å². The summed E-state index contributed by atoms with van der Waals surface area (Å²) < 4.78 is 5.50. The lowest BCUT2D eigenvalue weighted by Gasteiger charge is -2.37. The molecule has 0 amide bonds. The van der Waals surface area contributed by atoms with Crippen molar-refractivity contribution in [3.8, 4) is 5.75 Å². The number of benzene rings is 1. The van der Waals surface area contributed by atoms with E-state index in [0.717, 1.165) is 68.8 Å². The highest BCUT2D eigenvalue weighted by Crippen LogP contribution is 2.29. The van der Waals surface area contributed by atoms with Crippen LogP contribution in [0.25, 0.3) is 0 Å². The number of nitrogens with zero attached hydrogens (tertiary/aromatic N) is 5. The smallest absolute Gasteiger partial charge is 0.142 e. The summed E-state index contributed by atoms with van der Waals surface area (Å²) in [5.74, 6) is 2.81. The Labute approximate surface area is 162 Å². The van der Waals surface area contributed by atoms with E-state index in [-0.39, 0.29) is 0 Å². The Morgan fingerprint density at radius 2 is 1.81 bits per heavy atom. The Morgan fingerprint density at radius 1 is 1.07 bits per heavy atom. The number of anilines is 3. The molecule has 0 saturated carbocycles. The molecule has 2 aromatic rings. The first-order chi connectivity index (χ1) is 13.2. The molecule has 146 valence electrons. The molecule has 7 nitrogen and oxygen atoms in total. The molecule has 1 fully saturated rings. The standard InChI is InChI=1S/C20H30N6O/c1-24(2)10-6-9-21-19-15-20(23-16-22-19)26-13-11-25(12-14-26)17-7-4-5-8-18(17)27-3/h4-5,7-8,15-16H,6,9-14H2,1-3H3,(H,21,22,23). The number of ether oxygens (including phenoxy) is 1. The van der Waals surface area contributed by atoms with Crippen LogP contribution in [-0.2, 0) is 0 Å². The van der Waals surface area contributed by atoms with Gasteiger partial charge in [0.1, 0.15) is 23.7 Å². The summed E-state index contributed by atoms with van der Waals surface area (Å²) in [5.41, 5.74) is 1.16. The average molecular weight is 371 g/mol. The van der Waals surface area contributed by atoms with Crippen molar-refractivity contribution in [3.05, 3.63) is 36.7 Å². The Morgan fingerprint density at radius 3 is 2.56 bits per heavy atom. The van der Waals surface area contributed by atoms with Crippen LogP contribution >= 0.6 is 0 Å². The highest BCUT2D eigenvalue weighted by molar-refractivity contribution is 5.59. The molecular weight excluding hydrogens is 340 g/mol. The van der Waals surface area contributed by atoms with E-state index in [1.54, 1.807) is 13.4 Å². The van der Waals surface area contributed by atoms with Gasteiger partial charge in [0.2, 0.25) is 0 Å². The minimum atomic E-state index is 0.894. The Balaban J connectivity index is 1.55. The molecule has 0 bridgehead atoms. The summed E-state index contributed by atoms with van der Waals surface area (Å²) in [6, 6.07) is 10.2. The molecule has 0 unspecified atom stereocenters. The third kappa shape index (κ3) is 5.23. The van der Waals surface area contributed by atoms with Gasteiger partial charge >= 0.3 is 0 Å². The van der Waals surface area contributed by atoms with E-state index in [1.165, 1.54) is 0 Å². The lowest BCUT2D eigenvalue weighted by Crippen LogP contribution is -2.47. The first kappa shape index (κ1) is 19.2. The summed E-state index contributed by atoms with van der Waals surface area (Å²) in [7, 11) is 5.91. The molecule has 27 heavy (non-hydrogen) atoms. The molecule has 1 saturated heterocycles. The van der Waals surface area contributed by atoms with E-state index in [4.69, 9.17) is 4.74 Å². The van der Waals surface area contributed by atoms with Crippen LogP contribution in [0.5, 0.6) is 5.75 Å². The Kier molecular flexibility index (Phi) is 6.70. The van der Waals surface area contributed by atoms with E-state index < -0.39 is 0 Å². The Hall–Kier alpha value is -2.54. The zero-order valence-corrected chi connectivity index (χ0v) is 16.6. The van der Waals surface area contributed by atoms with Gasteiger partial charge in [-0.1, -0.05) is 12.1 Å². The fraction of sp³-hybridized carbons (Fsp3) is 0.500. The van der Waals surface area contributed by atoms with Crippen molar-refractivity contribution in [2.75, 3.05) is 75.6 Å². The number of hydrogen-bond donors (Lipinski definition) is 1. The number of hydrogen-bond acceptors (Lipinski definition) is 7. The molecular formula is C20H30N6O.